The van der Waals surface area contributed by atoms with Crippen molar-refractivity contribution in [3.05, 3.63) is 84.1 Å². The first-order valence-corrected chi connectivity index (χ1v) is 7.73. The van der Waals surface area contributed by atoms with Crippen molar-refractivity contribution in [3.8, 4) is 0 Å². The fourth-order valence-corrected chi connectivity index (χ4v) is 2.65. The Morgan fingerprint density at radius 2 is 1.92 bits per heavy atom. The normalized spacial score (nSPS) is 11.9. The Morgan fingerprint density at radius 3 is 2.62 bits per heavy atom. The van der Waals surface area contributed by atoms with Crippen molar-refractivity contribution < 1.29 is 9.18 Å². The van der Waals surface area contributed by atoms with Crippen molar-refractivity contribution in [3.63, 3.8) is 0 Å². The molecule has 0 bridgehead atoms. The number of anilines is 1. The molecule has 4 nitrogen and oxygen atoms in total. The molecule has 0 aliphatic carbocycles. The van der Waals surface area contributed by atoms with Crippen LogP contribution in [0.5, 0.6) is 0 Å². The molecule has 122 valence electrons. The van der Waals surface area contributed by atoms with Gasteiger partial charge in [-0.1, -0.05) is 18.2 Å². The number of hydrogen-bond donors (Lipinski definition) is 1. The lowest BCUT2D eigenvalue weighted by Gasteiger charge is -2.19. The molecule has 1 N–H and O–H groups in total. The van der Waals surface area contributed by atoms with E-state index in [0.717, 1.165) is 11.3 Å². The Labute approximate surface area is 140 Å². The first kappa shape index (κ1) is 15.9. The van der Waals surface area contributed by atoms with Crippen molar-refractivity contribution in [2.75, 3.05) is 5.32 Å². The van der Waals surface area contributed by atoms with Crippen LogP contribution in [-0.4, -0.2) is 15.5 Å². The smallest absolute Gasteiger partial charge is 0.227 e. The predicted molar refractivity (Wildman–Crippen MR) is 91.2 cm³/mol. The largest absolute Gasteiger partial charge is 0.346 e. The number of nitrogens with zero attached hydrogens (tertiary/aromatic N) is 2. The predicted octanol–water partition coefficient (Wildman–Crippen LogP) is 3.95. The van der Waals surface area contributed by atoms with E-state index in [0.29, 0.717) is 5.82 Å². The third-order valence-electron chi connectivity index (χ3n) is 3.76. The third-order valence-corrected chi connectivity index (χ3v) is 3.76. The van der Waals surface area contributed by atoms with Crippen LogP contribution in [0.2, 0.25) is 0 Å². The van der Waals surface area contributed by atoms with E-state index < -0.39 is 0 Å². The van der Waals surface area contributed by atoms with Crippen LogP contribution < -0.4 is 5.32 Å². The lowest BCUT2D eigenvalue weighted by molar-refractivity contribution is -0.116. The summed E-state index contributed by atoms with van der Waals surface area (Å²) in [7, 11) is 0. The molecule has 1 amide bonds. The first-order chi connectivity index (χ1) is 11.6. The van der Waals surface area contributed by atoms with Gasteiger partial charge in [-0.25, -0.2) is 9.37 Å². The fourth-order valence-electron chi connectivity index (χ4n) is 2.65. The number of amides is 1. The Bertz CT molecular complexity index is 830. The molecule has 1 aromatic carbocycles. The summed E-state index contributed by atoms with van der Waals surface area (Å²) in [4.78, 5) is 16.7. The van der Waals surface area contributed by atoms with E-state index in [1.54, 1.807) is 12.1 Å². The Kier molecular flexibility index (Phi) is 4.70. The van der Waals surface area contributed by atoms with E-state index in [1.165, 1.54) is 12.1 Å². The molecule has 2 heterocycles. The number of aryl methyl sites for hydroxylation is 1. The van der Waals surface area contributed by atoms with Gasteiger partial charge in [-0.2, -0.15) is 0 Å². The Hall–Kier alpha value is -2.95. The van der Waals surface area contributed by atoms with E-state index in [4.69, 9.17) is 0 Å². The summed E-state index contributed by atoms with van der Waals surface area (Å²) in [6.07, 6.45) is 3.93. The number of hydrogen-bond acceptors (Lipinski definition) is 2. The quantitative estimate of drug-likeness (QED) is 0.773. The molecule has 0 aliphatic rings. The molecule has 3 rings (SSSR count). The number of rotatable bonds is 5. The zero-order valence-electron chi connectivity index (χ0n) is 13.3. The minimum Gasteiger partial charge on any atom is -0.346 e. The molecule has 0 fully saturated rings. The Morgan fingerprint density at radius 1 is 1.17 bits per heavy atom. The number of halogens is 1. The highest BCUT2D eigenvalue weighted by Crippen LogP contribution is 2.23. The monoisotopic (exact) mass is 323 g/mol. The lowest BCUT2D eigenvalue weighted by Crippen LogP contribution is -2.20. The topological polar surface area (TPSA) is 46.9 Å². The number of benzene rings is 1. The van der Waals surface area contributed by atoms with E-state index in [9.17, 15) is 9.18 Å². The average Bonchev–Trinajstić information content (AvgIpc) is 3.07. The summed E-state index contributed by atoms with van der Waals surface area (Å²) in [6.45, 7) is 1.87. The summed E-state index contributed by atoms with van der Waals surface area (Å²) >= 11 is 0. The van der Waals surface area contributed by atoms with E-state index in [1.807, 2.05) is 54.2 Å². The van der Waals surface area contributed by atoms with Crippen LogP contribution in [0.25, 0.3) is 0 Å². The first-order valence-electron chi connectivity index (χ1n) is 7.73. The minimum atomic E-state index is -0.314. The molecule has 0 aliphatic heterocycles. The van der Waals surface area contributed by atoms with Crippen molar-refractivity contribution in [2.45, 2.75) is 19.4 Å². The minimum absolute atomic E-state index is 0.170. The van der Waals surface area contributed by atoms with Crippen LogP contribution in [0.4, 0.5) is 10.2 Å². The molecule has 1 atom stereocenters. The molecule has 0 saturated heterocycles. The van der Waals surface area contributed by atoms with E-state index in [2.05, 4.69) is 10.3 Å². The summed E-state index contributed by atoms with van der Waals surface area (Å²) in [5.74, 6) is 0.0342. The molecule has 0 radical (unpaired) electrons. The van der Waals surface area contributed by atoms with Crippen LogP contribution in [0.1, 0.15) is 23.7 Å². The average molecular weight is 323 g/mol. The van der Waals surface area contributed by atoms with Gasteiger partial charge in [0.1, 0.15) is 11.6 Å². The van der Waals surface area contributed by atoms with Gasteiger partial charge in [0.05, 0.1) is 12.5 Å². The molecular formula is C19H18FN3O. The highest BCUT2D eigenvalue weighted by atomic mass is 19.1. The molecule has 0 saturated carbocycles. The van der Waals surface area contributed by atoms with Gasteiger partial charge in [-0.05, 0) is 48.9 Å². The summed E-state index contributed by atoms with van der Waals surface area (Å²) in [5, 5.41) is 2.80. The van der Waals surface area contributed by atoms with Crippen LogP contribution in [-0.2, 0) is 4.79 Å². The van der Waals surface area contributed by atoms with Gasteiger partial charge in [0.15, 0.2) is 0 Å². The molecule has 5 heteroatoms. The fraction of sp³-hybridized carbons (Fsp3) is 0.158. The second-order valence-corrected chi connectivity index (χ2v) is 5.62. The van der Waals surface area contributed by atoms with E-state index in [-0.39, 0.29) is 24.2 Å². The maximum absolute atomic E-state index is 13.6. The second-order valence-electron chi connectivity index (χ2n) is 5.62. The number of carbonyl (C=O) groups excluding carboxylic acids is 1. The SMILES string of the molecule is Cc1cccc(NC(=O)CC(c2cccc(F)c2)n2cccc2)n1. The van der Waals surface area contributed by atoms with Crippen molar-refractivity contribution in [1.82, 2.24) is 9.55 Å². The number of nitrogens with one attached hydrogen (secondary N) is 1. The van der Waals surface area contributed by atoms with Gasteiger partial charge >= 0.3 is 0 Å². The lowest BCUT2D eigenvalue weighted by atomic mass is 10.0. The highest BCUT2D eigenvalue weighted by molar-refractivity contribution is 5.90. The number of aromatic nitrogens is 2. The maximum Gasteiger partial charge on any atom is 0.227 e. The van der Waals surface area contributed by atoms with Gasteiger partial charge in [-0.15, -0.1) is 0 Å². The number of pyridine rings is 1. The standard InChI is InChI=1S/C19H18FN3O/c1-14-6-4-9-18(21-14)22-19(24)13-17(23-10-2-3-11-23)15-7-5-8-16(20)12-15/h2-12,17H,13H2,1H3,(H,21,22,24). The van der Waals surface area contributed by atoms with Gasteiger partial charge < -0.3 is 9.88 Å². The second kappa shape index (κ2) is 7.08. The number of carbonyl (C=O) groups is 1. The molecule has 0 spiro atoms. The zero-order chi connectivity index (χ0) is 16.9. The molecule has 2 aromatic heterocycles. The summed E-state index contributed by atoms with van der Waals surface area (Å²) in [5.41, 5.74) is 1.58. The highest BCUT2D eigenvalue weighted by Gasteiger charge is 2.18. The third kappa shape index (κ3) is 3.87. The summed E-state index contributed by atoms with van der Waals surface area (Å²) < 4.78 is 15.5. The molecule has 1 unspecified atom stereocenters. The van der Waals surface area contributed by atoms with Crippen LogP contribution in [0.3, 0.4) is 0 Å². The van der Waals surface area contributed by atoms with Crippen molar-refractivity contribution >= 4 is 11.7 Å². The van der Waals surface area contributed by atoms with Gasteiger partial charge in [0.2, 0.25) is 5.91 Å². The Balaban J connectivity index is 1.80. The van der Waals surface area contributed by atoms with Crippen molar-refractivity contribution in [2.24, 2.45) is 0 Å². The molecular weight excluding hydrogens is 305 g/mol. The van der Waals surface area contributed by atoms with Crippen LogP contribution >= 0.6 is 0 Å². The van der Waals surface area contributed by atoms with Gasteiger partial charge in [-0.3, -0.25) is 4.79 Å². The van der Waals surface area contributed by atoms with Crippen LogP contribution in [0, 0.1) is 12.7 Å². The molecule has 3 aromatic rings. The van der Waals surface area contributed by atoms with Crippen molar-refractivity contribution in [1.29, 1.82) is 0 Å². The van der Waals surface area contributed by atoms with Gasteiger partial charge in [0, 0.05) is 18.1 Å². The zero-order valence-corrected chi connectivity index (χ0v) is 13.3. The van der Waals surface area contributed by atoms with Gasteiger partial charge in [0.25, 0.3) is 0 Å². The van der Waals surface area contributed by atoms with E-state index >= 15 is 0 Å². The van der Waals surface area contributed by atoms with Crippen LogP contribution in [0.15, 0.2) is 67.0 Å². The summed E-state index contributed by atoms with van der Waals surface area (Å²) in [6, 6.07) is 15.3. The maximum atomic E-state index is 13.6. The molecule has 24 heavy (non-hydrogen) atoms.